The van der Waals surface area contributed by atoms with Crippen molar-refractivity contribution in [1.82, 2.24) is 4.57 Å². The van der Waals surface area contributed by atoms with E-state index in [1.165, 1.54) is 23.9 Å². The van der Waals surface area contributed by atoms with Gasteiger partial charge in [0.25, 0.3) is 5.56 Å². The number of nitrogens with zero attached hydrogens (tertiary/aromatic N) is 1. The van der Waals surface area contributed by atoms with Crippen LogP contribution in [-0.4, -0.2) is 17.6 Å². The van der Waals surface area contributed by atoms with E-state index >= 15 is 0 Å². The third-order valence-corrected chi connectivity index (χ3v) is 1.78. The lowest BCUT2D eigenvalue weighted by atomic mass is 10.2. The summed E-state index contributed by atoms with van der Waals surface area (Å²) in [6, 6.07) is 1.52. The lowest BCUT2D eigenvalue weighted by molar-refractivity contribution is 0.0599. The molecule has 0 aliphatic rings. The van der Waals surface area contributed by atoms with Crippen LogP contribution in [0.15, 0.2) is 17.1 Å². The fourth-order valence-corrected chi connectivity index (χ4v) is 1.11. The number of carbonyl (C=O) groups excluding carboxylic acids is 1. The minimum absolute atomic E-state index is 0.104. The quantitative estimate of drug-likeness (QED) is 0.592. The number of carbonyl (C=O) groups is 1. The van der Waals surface area contributed by atoms with Crippen LogP contribution in [0.5, 0.6) is 0 Å². The fourth-order valence-electron chi connectivity index (χ4n) is 1.11. The van der Waals surface area contributed by atoms with Gasteiger partial charge in [-0.1, -0.05) is 0 Å². The van der Waals surface area contributed by atoms with Crippen LogP contribution in [0.4, 0.5) is 0 Å². The summed E-state index contributed by atoms with van der Waals surface area (Å²) in [6.45, 7) is 1.66. The van der Waals surface area contributed by atoms with Crippen LogP contribution in [0, 0.1) is 6.92 Å². The molecule has 0 spiro atoms. The van der Waals surface area contributed by atoms with Gasteiger partial charge in [0.05, 0.1) is 12.7 Å². The Morgan fingerprint density at radius 3 is 2.62 bits per heavy atom. The summed E-state index contributed by atoms with van der Waals surface area (Å²) in [7, 11) is 2.91. The Morgan fingerprint density at radius 1 is 1.54 bits per heavy atom. The van der Waals surface area contributed by atoms with Crippen molar-refractivity contribution in [2.24, 2.45) is 7.05 Å². The molecule has 1 heterocycles. The monoisotopic (exact) mass is 181 g/mol. The Balaban J connectivity index is 3.29. The number of ether oxygens (including phenoxy) is 1. The van der Waals surface area contributed by atoms with Gasteiger partial charge in [-0.3, -0.25) is 4.79 Å². The number of pyridine rings is 1. The van der Waals surface area contributed by atoms with E-state index in [-0.39, 0.29) is 5.56 Å². The predicted molar refractivity (Wildman–Crippen MR) is 47.8 cm³/mol. The molecule has 70 valence electrons. The summed E-state index contributed by atoms with van der Waals surface area (Å²) < 4.78 is 5.89. The van der Waals surface area contributed by atoms with E-state index in [2.05, 4.69) is 4.74 Å². The van der Waals surface area contributed by atoms with Gasteiger partial charge >= 0.3 is 5.97 Å². The number of methoxy groups -OCH3 is 1. The van der Waals surface area contributed by atoms with Crippen molar-refractivity contribution in [2.45, 2.75) is 6.92 Å². The first kappa shape index (κ1) is 9.51. The number of hydrogen-bond donors (Lipinski definition) is 0. The normalized spacial score (nSPS) is 9.77. The molecule has 0 radical (unpaired) electrons. The largest absolute Gasteiger partial charge is 0.465 e. The number of rotatable bonds is 1. The Morgan fingerprint density at radius 2 is 2.15 bits per heavy atom. The average molecular weight is 181 g/mol. The Hall–Kier alpha value is -1.58. The van der Waals surface area contributed by atoms with Gasteiger partial charge in [0.15, 0.2) is 0 Å². The first-order valence-corrected chi connectivity index (χ1v) is 3.82. The lowest BCUT2D eigenvalue weighted by Gasteiger charge is -2.03. The van der Waals surface area contributed by atoms with Gasteiger partial charge < -0.3 is 9.30 Å². The van der Waals surface area contributed by atoms with Crippen molar-refractivity contribution in [3.05, 3.63) is 33.7 Å². The van der Waals surface area contributed by atoms with Crippen molar-refractivity contribution in [3.63, 3.8) is 0 Å². The van der Waals surface area contributed by atoms with E-state index in [4.69, 9.17) is 0 Å². The van der Waals surface area contributed by atoms with Gasteiger partial charge in [0, 0.05) is 18.8 Å². The van der Waals surface area contributed by atoms with Crippen LogP contribution in [0.3, 0.4) is 0 Å². The second-order valence-electron chi connectivity index (χ2n) is 2.82. The van der Waals surface area contributed by atoms with Gasteiger partial charge in [-0.25, -0.2) is 4.79 Å². The van der Waals surface area contributed by atoms with E-state index in [0.717, 1.165) is 0 Å². The highest BCUT2D eigenvalue weighted by Gasteiger charge is 2.07. The number of aryl methyl sites for hydroxylation is 2. The molecule has 0 saturated carbocycles. The molecule has 0 unspecified atom stereocenters. The highest BCUT2D eigenvalue weighted by molar-refractivity contribution is 5.89. The summed E-state index contributed by atoms with van der Waals surface area (Å²) in [5.41, 5.74) is 0.820. The Bertz CT molecular complexity index is 366. The molecule has 0 N–H and O–H groups in total. The third-order valence-electron chi connectivity index (χ3n) is 1.78. The molecule has 13 heavy (non-hydrogen) atoms. The molecule has 0 fully saturated rings. The van der Waals surface area contributed by atoms with Gasteiger partial charge in [-0.2, -0.15) is 0 Å². The molecule has 4 heteroatoms. The van der Waals surface area contributed by atoms with Crippen molar-refractivity contribution in [3.8, 4) is 0 Å². The maximum atomic E-state index is 11.2. The summed E-state index contributed by atoms with van der Waals surface area (Å²) in [6.07, 6.45) is 1.46. The average Bonchev–Trinajstić information content (AvgIpc) is 2.12. The van der Waals surface area contributed by atoms with E-state index in [0.29, 0.717) is 11.1 Å². The molecule has 0 aliphatic carbocycles. The maximum absolute atomic E-state index is 11.2. The van der Waals surface area contributed by atoms with Gasteiger partial charge in [-0.15, -0.1) is 0 Å². The molecule has 0 amide bonds. The third kappa shape index (κ3) is 1.77. The minimum Gasteiger partial charge on any atom is -0.465 e. The van der Waals surface area contributed by atoms with E-state index in [1.807, 2.05) is 0 Å². The smallest absolute Gasteiger partial charge is 0.339 e. The summed E-state index contributed by atoms with van der Waals surface area (Å²) >= 11 is 0. The van der Waals surface area contributed by atoms with Crippen LogP contribution >= 0.6 is 0 Å². The van der Waals surface area contributed by atoms with E-state index < -0.39 is 5.97 Å². The highest BCUT2D eigenvalue weighted by Crippen LogP contribution is 2.00. The molecule has 0 saturated heterocycles. The molecule has 0 aliphatic heterocycles. The zero-order valence-corrected chi connectivity index (χ0v) is 7.83. The summed E-state index contributed by atoms with van der Waals surface area (Å²) in [4.78, 5) is 22.3. The highest BCUT2D eigenvalue weighted by atomic mass is 16.5. The lowest BCUT2D eigenvalue weighted by Crippen LogP contribution is -2.20. The molecule has 0 atom stereocenters. The van der Waals surface area contributed by atoms with Crippen LogP contribution in [0.2, 0.25) is 0 Å². The van der Waals surface area contributed by atoms with Crippen LogP contribution < -0.4 is 5.56 Å². The summed E-state index contributed by atoms with van der Waals surface area (Å²) in [5.74, 6) is -0.432. The van der Waals surface area contributed by atoms with E-state index in [9.17, 15) is 9.59 Å². The molecule has 1 aromatic heterocycles. The van der Waals surface area contributed by atoms with Gasteiger partial charge in [-0.05, 0) is 13.0 Å². The number of hydrogen-bond acceptors (Lipinski definition) is 3. The fraction of sp³-hybridized carbons (Fsp3) is 0.333. The molecule has 4 nitrogen and oxygen atoms in total. The van der Waals surface area contributed by atoms with Gasteiger partial charge in [0.1, 0.15) is 0 Å². The van der Waals surface area contributed by atoms with Gasteiger partial charge in [0.2, 0.25) is 0 Å². The van der Waals surface area contributed by atoms with Crippen molar-refractivity contribution < 1.29 is 9.53 Å². The first-order valence-electron chi connectivity index (χ1n) is 3.82. The van der Waals surface area contributed by atoms with Crippen molar-refractivity contribution in [2.75, 3.05) is 7.11 Å². The Kier molecular flexibility index (Phi) is 2.51. The van der Waals surface area contributed by atoms with Crippen molar-refractivity contribution in [1.29, 1.82) is 0 Å². The molecular formula is C9H11NO3. The second kappa shape index (κ2) is 3.43. The van der Waals surface area contributed by atoms with E-state index in [1.54, 1.807) is 14.0 Å². The molecule has 0 bridgehead atoms. The predicted octanol–water partition coefficient (Wildman–Crippen LogP) is 0.480. The number of esters is 1. The van der Waals surface area contributed by atoms with Crippen LogP contribution in [-0.2, 0) is 11.8 Å². The van der Waals surface area contributed by atoms with Crippen molar-refractivity contribution >= 4 is 5.97 Å². The second-order valence-corrected chi connectivity index (χ2v) is 2.82. The molecular weight excluding hydrogens is 170 g/mol. The zero-order chi connectivity index (χ0) is 10.0. The molecule has 0 aromatic carbocycles. The zero-order valence-electron chi connectivity index (χ0n) is 7.83. The molecule has 1 aromatic rings. The standard InChI is InChI=1S/C9H11NO3/c1-6-4-7(9(12)13-3)5-10(2)8(6)11/h4-5H,1-3H3. The summed E-state index contributed by atoms with van der Waals surface area (Å²) in [5, 5.41) is 0. The Labute approximate surface area is 75.8 Å². The first-order chi connectivity index (χ1) is 6.06. The molecule has 1 rings (SSSR count). The number of aromatic nitrogens is 1. The van der Waals surface area contributed by atoms with Crippen LogP contribution in [0.25, 0.3) is 0 Å². The topological polar surface area (TPSA) is 48.3 Å². The minimum atomic E-state index is -0.432. The SMILES string of the molecule is COC(=O)c1cc(C)c(=O)n(C)c1. The van der Waals surface area contributed by atoms with Crippen LogP contribution in [0.1, 0.15) is 15.9 Å². The maximum Gasteiger partial charge on any atom is 0.339 e.